The monoisotopic (exact) mass is 426 g/mol. The van der Waals surface area contributed by atoms with Gasteiger partial charge in [0.25, 0.3) is 5.56 Å². The lowest BCUT2D eigenvalue weighted by Gasteiger charge is -2.24. The van der Waals surface area contributed by atoms with E-state index in [0.29, 0.717) is 28.3 Å². The summed E-state index contributed by atoms with van der Waals surface area (Å²) >= 11 is 5.95. The fourth-order valence-corrected chi connectivity index (χ4v) is 3.39. The Labute approximate surface area is 179 Å². The molecule has 0 saturated heterocycles. The molecule has 3 rings (SSSR count). The van der Waals surface area contributed by atoms with Crippen LogP contribution in [0, 0.1) is 0 Å². The predicted molar refractivity (Wildman–Crippen MR) is 116 cm³/mol. The number of para-hydroxylation sites is 1. The van der Waals surface area contributed by atoms with Gasteiger partial charge >= 0.3 is 0 Å². The summed E-state index contributed by atoms with van der Waals surface area (Å²) in [5.74, 6) is 0.0183. The van der Waals surface area contributed by atoms with Crippen LogP contribution in [-0.2, 0) is 16.1 Å². The largest absolute Gasteiger partial charge is 0.349 e. The molecule has 2 amide bonds. The Morgan fingerprint density at radius 2 is 1.87 bits per heavy atom. The van der Waals surface area contributed by atoms with Crippen molar-refractivity contribution in [2.75, 3.05) is 6.54 Å². The van der Waals surface area contributed by atoms with Crippen LogP contribution in [0.15, 0.2) is 53.3 Å². The molecule has 0 saturated carbocycles. The van der Waals surface area contributed by atoms with E-state index in [9.17, 15) is 14.4 Å². The number of hydrogen-bond acceptors (Lipinski definition) is 4. The number of amides is 2. The van der Waals surface area contributed by atoms with Crippen molar-refractivity contribution in [1.29, 1.82) is 0 Å². The lowest BCUT2D eigenvalue weighted by atomic mass is 10.0. The molecule has 1 atom stereocenters. The number of hydrogen-bond donors (Lipinski definition) is 2. The molecule has 0 spiro atoms. The second-order valence-electron chi connectivity index (χ2n) is 6.95. The van der Waals surface area contributed by atoms with E-state index in [1.54, 1.807) is 47.4 Å². The SMILES string of the molecule is CCN(Cc1nc2ccccc2c(=O)[nH]1)C(=O)C[C@H](NC(C)=O)c1ccc(Cl)cc1. The number of nitrogens with one attached hydrogen (secondary N) is 2. The Morgan fingerprint density at radius 3 is 2.53 bits per heavy atom. The van der Waals surface area contributed by atoms with Crippen molar-refractivity contribution in [3.8, 4) is 0 Å². The van der Waals surface area contributed by atoms with Crippen molar-refractivity contribution in [3.63, 3.8) is 0 Å². The standard InChI is InChI=1S/C22H23ClN4O3/c1-3-27(13-20-25-18-7-5-4-6-17(18)22(30)26-20)21(29)12-19(24-14(2)28)15-8-10-16(23)11-9-15/h4-11,19H,3,12-13H2,1-2H3,(H,24,28)(H,25,26,30)/t19-/m0/s1. The Hall–Kier alpha value is -3.19. The number of H-pyrrole nitrogens is 1. The molecular formula is C22H23ClN4O3. The normalized spacial score (nSPS) is 11.8. The number of rotatable bonds is 7. The molecule has 3 aromatic rings. The average Bonchev–Trinajstić information content (AvgIpc) is 2.71. The number of fused-ring (bicyclic) bond motifs is 1. The Balaban J connectivity index is 1.79. The van der Waals surface area contributed by atoms with Crippen LogP contribution in [0.4, 0.5) is 0 Å². The van der Waals surface area contributed by atoms with Crippen LogP contribution in [0.5, 0.6) is 0 Å². The van der Waals surface area contributed by atoms with Crippen molar-refractivity contribution >= 4 is 34.3 Å². The molecule has 0 aliphatic rings. The van der Waals surface area contributed by atoms with Gasteiger partial charge in [-0.25, -0.2) is 4.98 Å². The predicted octanol–water partition coefficient (Wildman–Crippen LogP) is 3.19. The molecule has 1 aromatic heterocycles. The van der Waals surface area contributed by atoms with Crippen molar-refractivity contribution < 1.29 is 9.59 Å². The zero-order valence-corrected chi connectivity index (χ0v) is 17.6. The van der Waals surface area contributed by atoms with Gasteiger partial charge in [-0.15, -0.1) is 0 Å². The molecule has 2 N–H and O–H groups in total. The molecule has 7 nitrogen and oxygen atoms in total. The molecule has 2 aromatic carbocycles. The zero-order valence-electron chi connectivity index (χ0n) is 16.8. The van der Waals surface area contributed by atoms with Crippen molar-refractivity contribution in [1.82, 2.24) is 20.2 Å². The molecule has 30 heavy (non-hydrogen) atoms. The number of halogens is 1. The van der Waals surface area contributed by atoms with Crippen LogP contribution in [0.25, 0.3) is 10.9 Å². The second kappa shape index (κ2) is 9.54. The molecule has 0 unspecified atom stereocenters. The van der Waals surface area contributed by atoms with Gasteiger partial charge in [0, 0.05) is 18.5 Å². The molecule has 0 radical (unpaired) electrons. The zero-order chi connectivity index (χ0) is 21.7. The van der Waals surface area contributed by atoms with Gasteiger partial charge in [-0.3, -0.25) is 14.4 Å². The highest BCUT2D eigenvalue weighted by molar-refractivity contribution is 6.30. The molecule has 0 aliphatic heterocycles. The first-order valence-electron chi connectivity index (χ1n) is 9.65. The van der Waals surface area contributed by atoms with E-state index in [4.69, 9.17) is 11.6 Å². The lowest BCUT2D eigenvalue weighted by Crippen LogP contribution is -2.36. The number of carbonyl (C=O) groups is 2. The highest BCUT2D eigenvalue weighted by Crippen LogP contribution is 2.21. The minimum atomic E-state index is -0.482. The van der Waals surface area contributed by atoms with Gasteiger partial charge in [0.1, 0.15) is 5.82 Å². The van der Waals surface area contributed by atoms with Crippen molar-refractivity contribution in [2.45, 2.75) is 32.9 Å². The van der Waals surface area contributed by atoms with E-state index in [-0.39, 0.29) is 30.3 Å². The number of nitrogens with zero attached hydrogens (tertiary/aromatic N) is 2. The van der Waals surface area contributed by atoms with Crippen molar-refractivity contribution in [2.24, 2.45) is 0 Å². The third-order valence-corrected chi connectivity index (χ3v) is 5.02. The first kappa shape index (κ1) is 21.5. The van der Waals surface area contributed by atoms with Crippen LogP contribution in [0.3, 0.4) is 0 Å². The Morgan fingerprint density at radius 1 is 1.17 bits per heavy atom. The first-order valence-corrected chi connectivity index (χ1v) is 10.0. The minimum Gasteiger partial charge on any atom is -0.349 e. The van der Waals surface area contributed by atoms with Crippen LogP contribution in [0.2, 0.25) is 5.02 Å². The molecule has 0 fully saturated rings. The summed E-state index contributed by atoms with van der Waals surface area (Å²) in [5, 5.41) is 3.90. The highest BCUT2D eigenvalue weighted by Gasteiger charge is 2.21. The van der Waals surface area contributed by atoms with Gasteiger partial charge in [0.05, 0.1) is 29.9 Å². The quantitative estimate of drug-likeness (QED) is 0.606. The topological polar surface area (TPSA) is 95.2 Å². The minimum absolute atomic E-state index is 0.0763. The van der Waals surface area contributed by atoms with Crippen LogP contribution >= 0.6 is 11.6 Å². The average molecular weight is 427 g/mol. The fourth-order valence-electron chi connectivity index (χ4n) is 3.26. The summed E-state index contributed by atoms with van der Waals surface area (Å²) in [7, 11) is 0. The van der Waals surface area contributed by atoms with Gasteiger partial charge < -0.3 is 15.2 Å². The van der Waals surface area contributed by atoms with Crippen LogP contribution in [0.1, 0.15) is 37.7 Å². The fraction of sp³-hybridized carbons (Fsp3) is 0.273. The first-order chi connectivity index (χ1) is 14.4. The van der Waals surface area contributed by atoms with E-state index in [2.05, 4.69) is 15.3 Å². The highest BCUT2D eigenvalue weighted by atomic mass is 35.5. The maximum atomic E-state index is 13.0. The maximum Gasteiger partial charge on any atom is 0.258 e. The van der Waals surface area contributed by atoms with E-state index in [1.165, 1.54) is 6.92 Å². The van der Waals surface area contributed by atoms with Gasteiger partial charge in [-0.1, -0.05) is 35.9 Å². The maximum absolute atomic E-state index is 13.0. The van der Waals surface area contributed by atoms with E-state index >= 15 is 0 Å². The third-order valence-electron chi connectivity index (χ3n) is 4.77. The lowest BCUT2D eigenvalue weighted by molar-refractivity contribution is -0.132. The summed E-state index contributed by atoms with van der Waals surface area (Å²) in [6, 6.07) is 13.6. The van der Waals surface area contributed by atoms with Gasteiger partial charge in [0.2, 0.25) is 11.8 Å². The van der Waals surface area contributed by atoms with Gasteiger partial charge in [0.15, 0.2) is 0 Å². The summed E-state index contributed by atoms with van der Waals surface area (Å²) in [5.41, 5.74) is 1.13. The molecule has 156 valence electrons. The number of carbonyl (C=O) groups excluding carboxylic acids is 2. The summed E-state index contributed by atoms with van der Waals surface area (Å²) in [6.07, 6.45) is 0.0763. The smallest absolute Gasteiger partial charge is 0.258 e. The summed E-state index contributed by atoms with van der Waals surface area (Å²) in [4.78, 5) is 45.7. The summed E-state index contributed by atoms with van der Waals surface area (Å²) in [6.45, 7) is 3.87. The molecule has 8 heteroatoms. The Bertz CT molecular complexity index is 1110. The van der Waals surface area contributed by atoms with E-state index < -0.39 is 6.04 Å². The van der Waals surface area contributed by atoms with E-state index in [0.717, 1.165) is 5.56 Å². The summed E-state index contributed by atoms with van der Waals surface area (Å²) < 4.78 is 0. The van der Waals surface area contributed by atoms with E-state index in [1.807, 2.05) is 13.0 Å². The van der Waals surface area contributed by atoms with Crippen molar-refractivity contribution in [3.05, 3.63) is 75.3 Å². The van der Waals surface area contributed by atoms with Crippen LogP contribution < -0.4 is 10.9 Å². The number of aromatic nitrogens is 2. The molecule has 0 bridgehead atoms. The number of aromatic amines is 1. The third kappa shape index (κ3) is 5.24. The van der Waals surface area contributed by atoms with Gasteiger partial charge in [-0.2, -0.15) is 0 Å². The van der Waals surface area contributed by atoms with Gasteiger partial charge in [-0.05, 0) is 36.8 Å². The molecule has 0 aliphatic carbocycles. The molecular weight excluding hydrogens is 404 g/mol. The number of benzene rings is 2. The molecule has 1 heterocycles. The second-order valence-corrected chi connectivity index (χ2v) is 7.38. The Kier molecular flexibility index (Phi) is 6.84. The van der Waals surface area contributed by atoms with Crippen LogP contribution in [-0.4, -0.2) is 33.2 Å².